The van der Waals surface area contributed by atoms with Crippen LogP contribution in [0.2, 0.25) is 5.02 Å². The van der Waals surface area contributed by atoms with Gasteiger partial charge in [-0.2, -0.15) is 0 Å². The van der Waals surface area contributed by atoms with Crippen LogP contribution in [-0.2, 0) is 6.54 Å². The minimum absolute atomic E-state index is 0.766. The molecule has 0 atom stereocenters. The molecule has 3 aromatic rings. The molecule has 2 aromatic carbocycles. The van der Waals surface area contributed by atoms with E-state index >= 15 is 0 Å². The number of aromatic nitrogens is 1. The lowest BCUT2D eigenvalue weighted by Gasteiger charge is -2.09. The summed E-state index contributed by atoms with van der Waals surface area (Å²) in [6.07, 6.45) is 2.15. The Morgan fingerprint density at radius 2 is 1.85 bits per heavy atom. The van der Waals surface area contributed by atoms with Crippen LogP contribution in [0.1, 0.15) is 5.56 Å². The topological polar surface area (TPSA) is 17.0 Å². The highest BCUT2D eigenvalue weighted by Gasteiger charge is 2.00. The molecular weight excluding hydrogens is 268 g/mol. The van der Waals surface area contributed by atoms with Crippen LogP contribution in [0.3, 0.4) is 0 Å². The van der Waals surface area contributed by atoms with Gasteiger partial charge in [0.25, 0.3) is 0 Å². The third kappa shape index (κ3) is 2.81. The summed E-state index contributed by atoms with van der Waals surface area (Å²) in [7, 11) is 0. The summed E-state index contributed by atoms with van der Waals surface area (Å²) in [4.78, 5) is 0. The van der Waals surface area contributed by atoms with Crippen molar-refractivity contribution >= 4 is 28.2 Å². The van der Waals surface area contributed by atoms with Crippen molar-refractivity contribution in [1.82, 2.24) is 4.57 Å². The van der Waals surface area contributed by atoms with Gasteiger partial charge in [-0.3, -0.25) is 0 Å². The molecule has 102 valence electrons. The van der Waals surface area contributed by atoms with Crippen LogP contribution in [0.25, 0.3) is 10.9 Å². The van der Waals surface area contributed by atoms with Crippen molar-refractivity contribution in [2.24, 2.45) is 0 Å². The highest BCUT2D eigenvalue weighted by molar-refractivity contribution is 6.30. The monoisotopic (exact) mass is 284 g/mol. The fraction of sp³-hybridized carbons (Fsp3) is 0.176. The van der Waals surface area contributed by atoms with Gasteiger partial charge in [0.15, 0.2) is 0 Å². The number of fused-ring (bicyclic) bond motifs is 1. The zero-order chi connectivity index (χ0) is 13.9. The van der Waals surface area contributed by atoms with Gasteiger partial charge in [-0.05, 0) is 54.8 Å². The third-order valence-corrected chi connectivity index (χ3v) is 3.70. The largest absolute Gasteiger partial charge is 0.383 e. The second kappa shape index (κ2) is 5.59. The summed E-state index contributed by atoms with van der Waals surface area (Å²) in [6, 6.07) is 16.5. The molecule has 0 amide bonds. The van der Waals surface area contributed by atoms with E-state index < -0.39 is 0 Å². The molecule has 3 rings (SSSR count). The smallest absolute Gasteiger partial charge is 0.0481 e. The van der Waals surface area contributed by atoms with Crippen molar-refractivity contribution in [2.45, 2.75) is 13.5 Å². The number of nitrogens with one attached hydrogen (secondary N) is 1. The molecule has 3 heteroatoms. The van der Waals surface area contributed by atoms with Crippen molar-refractivity contribution in [2.75, 3.05) is 11.9 Å². The molecule has 0 saturated heterocycles. The molecule has 1 aromatic heterocycles. The first-order valence-corrected chi connectivity index (χ1v) is 7.15. The summed E-state index contributed by atoms with van der Waals surface area (Å²) >= 11 is 5.87. The molecule has 2 nitrogen and oxygen atoms in total. The predicted molar refractivity (Wildman–Crippen MR) is 86.6 cm³/mol. The minimum Gasteiger partial charge on any atom is -0.383 e. The van der Waals surface area contributed by atoms with Crippen molar-refractivity contribution in [3.63, 3.8) is 0 Å². The van der Waals surface area contributed by atoms with Crippen molar-refractivity contribution in [3.8, 4) is 0 Å². The Balaban J connectivity index is 1.66. The number of nitrogens with zero attached hydrogens (tertiary/aromatic N) is 1. The first-order valence-electron chi connectivity index (χ1n) is 6.77. The second-order valence-corrected chi connectivity index (χ2v) is 5.44. The first kappa shape index (κ1) is 13.1. The summed E-state index contributed by atoms with van der Waals surface area (Å²) in [6.45, 7) is 3.95. The molecule has 0 bridgehead atoms. The SMILES string of the molecule is Cc1ccc2c(ccn2CCNc2ccc(Cl)cc2)c1. The molecule has 0 radical (unpaired) electrons. The number of rotatable bonds is 4. The number of anilines is 1. The lowest BCUT2D eigenvalue weighted by atomic mass is 10.2. The molecule has 20 heavy (non-hydrogen) atoms. The Labute approximate surface area is 124 Å². The van der Waals surface area contributed by atoms with E-state index in [-0.39, 0.29) is 0 Å². The zero-order valence-electron chi connectivity index (χ0n) is 11.4. The zero-order valence-corrected chi connectivity index (χ0v) is 12.2. The van der Waals surface area contributed by atoms with Gasteiger partial charge in [0.2, 0.25) is 0 Å². The summed E-state index contributed by atoms with van der Waals surface area (Å²) < 4.78 is 2.28. The van der Waals surface area contributed by atoms with Gasteiger partial charge in [0.1, 0.15) is 0 Å². The Bertz CT molecular complexity index is 713. The van der Waals surface area contributed by atoms with Crippen LogP contribution < -0.4 is 5.32 Å². The number of hydrogen-bond acceptors (Lipinski definition) is 1. The fourth-order valence-electron chi connectivity index (χ4n) is 2.40. The Morgan fingerprint density at radius 3 is 2.65 bits per heavy atom. The lowest BCUT2D eigenvalue weighted by molar-refractivity contribution is 0.757. The number of benzene rings is 2. The van der Waals surface area contributed by atoms with Crippen LogP contribution in [0.15, 0.2) is 54.7 Å². The average Bonchev–Trinajstić information content (AvgIpc) is 2.83. The van der Waals surface area contributed by atoms with Gasteiger partial charge in [0, 0.05) is 35.5 Å². The maximum absolute atomic E-state index is 5.87. The molecule has 0 aliphatic rings. The Kier molecular flexibility index (Phi) is 3.66. The van der Waals surface area contributed by atoms with Crippen molar-refractivity contribution < 1.29 is 0 Å². The maximum Gasteiger partial charge on any atom is 0.0481 e. The van der Waals surface area contributed by atoms with Crippen molar-refractivity contribution in [1.29, 1.82) is 0 Å². The quantitative estimate of drug-likeness (QED) is 0.734. The van der Waals surface area contributed by atoms with E-state index in [1.165, 1.54) is 16.5 Å². The molecule has 0 unspecified atom stereocenters. The Morgan fingerprint density at radius 1 is 1.05 bits per heavy atom. The summed E-state index contributed by atoms with van der Waals surface area (Å²) in [5.74, 6) is 0. The van der Waals surface area contributed by atoms with Crippen LogP contribution in [0.5, 0.6) is 0 Å². The molecular formula is C17H17ClN2. The molecule has 1 N–H and O–H groups in total. The van der Waals surface area contributed by atoms with E-state index in [4.69, 9.17) is 11.6 Å². The van der Waals surface area contributed by atoms with E-state index in [2.05, 4.69) is 47.3 Å². The summed E-state index contributed by atoms with van der Waals surface area (Å²) in [5, 5.41) is 5.48. The number of halogens is 1. The second-order valence-electron chi connectivity index (χ2n) is 5.01. The van der Waals surface area contributed by atoms with E-state index in [9.17, 15) is 0 Å². The van der Waals surface area contributed by atoms with Gasteiger partial charge in [-0.15, -0.1) is 0 Å². The average molecular weight is 285 g/mol. The van der Waals surface area contributed by atoms with Gasteiger partial charge < -0.3 is 9.88 Å². The molecule has 1 heterocycles. The third-order valence-electron chi connectivity index (χ3n) is 3.45. The molecule has 0 aliphatic carbocycles. The number of hydrogen-bond donors (Lipinski definition) is 1. The van der Waals surface area contributed by atoms with Crippen LogP contribution in [-0.4, -0.2) is 11.1 Å². The van der Waals surface area contributed by atoms with Crippen LogP contribution in [0.4, 0.5) is 5.69 Å². The van der Waals surface area contributed by atoms with Gasteiger partial charge in [-0.1, -0.05) is 23.2 Å². The van der Waals surface area contributed by atoms with E-state index in [0.29, 0.717) is 0 Å². The highest BCUT2D eigenvalue weighted by atomic mass is 35.5. The van der Waals surface area contributed by atoms with E-state index in [1.54, 1.807) is 0 Å². The van der Waals surface area contributed by atoms with Gasteiger partial charge in [0.05, 0.1) is 0 Å². The van der Waals surface area contributed by atoms with Crippen LogP contribution >= 0.6 is 11.6 Å². The first-order chi connectivity index (χ1) is 9.72. The molecule has 0 saturated carbocycles. The van der Waals surface area contributed by atoms with Gasteiger partial charge >= 0.3 is 0 Å². The molecule has 0 spiro atoms. The summed E-state index contributed by atoms with van der Waals surface area (Å²) in [5.41, 5.74) is 3.68. The van der Waals surface area contributed by atoms with Crippen molar-refractivity contribution in [3.05, 3.63) is 65.3 Å². The minimum atomic E-state index is 0.766. The standard InChI is InChI=1S/C17H17ClN2/c1-13-2-7-17-14(12-13)8-10-20(17)11-9-19-16-5-3-15(18)4-6-16/h2-8,10,12,19H,9,11H2,1H3. The normalized spacial score (nSPS) is 10.9. The predicted octanol–water partition coefficient (Wildman–Crippen LogP) is 4.72. The fourth-order valence-corrected chi connectivity index (χ4v) is 2.53. The van der Waals surface area contributed by atoms with Crippen LogP contribution in [0, 0.1) is 6.92 Å². The molecule has 0 aliphatic heterocycles. The maximum atomic E-state index is 5.87. The lowest BCUT2D eigenvalue weighted by Crippen LogP contribution is -2.09. The number of aryl methyl sites for hydroxylation is 1. The van der Waals surface area contributed by atoms with Gasteiger partial charge in [-0.25, -0.2) is 0 Å². The Hall–Kier alpha value is -1.93. The van der Waals surface area contributed by atoms with E-state index in [1.807, 2.05) is 24.3 Å². The molecule has 0 fully saturated rings. The van der Waals surface area contributed by atoms with E-state index in [0.717, 1.165) is 23.8 Å². The highest BCUT2D eigenvalue weighted by Crippen LogP contribution is 2.17.